The first-order valence-electron chi connectivity index (χ1n) is 14.9. The fraction of sp³-hybridized carbons (Fsp3) is 0.351. The predicted octanol–water partition coefficient (Wildman–Crippen LogP) is 8.55. The minimum absolute atomic E-state index is 0.187. The molecule has 0 heterocycles. The van der Waals surface area contributed by atoms with Crippen molar-refractivity contribution in [3.05, 3.63) is 144 Å². The summed E-state index contributed by atoms with van der Waals surface area (Å²) in [5.41, 5.74) is 18.4. The van der Waals surface area contributed by atoms with Crippen molar-refractivity contribution in [3.8, 4) is 0 Å². The second-order valence-corrected chi connectivity index (χ2v) is 11.7. The Bertz CT molecular complexity index is 1180. The van der Waals surface area contributed by atoms with Crippen LogP contribution in [0.15, 0.2) is 121 Å². The van der Waals surface area contributed by atoms with Gasteiger partial charge in [-0.15, -0.1) is 0 Å². The summed E-state index contributed by atoms with van der Waals surface area (Å²) in [6.45, 7) is 0. The molecule has 0 aliphatic heterocycles. The van der Waals surface area contributed by atoms with Gasteiger partial charge in [-0.05, 0) is 85.5 Å². The van der Waals surface area contributed by atoms with E-state index in [1.54, 1.807) is 0 Å². The van der Waals surface area contributed by atoms with Crippen molar-refractivity contribution < 1.29 is 0 Å². The van der Waals surface area contributed by atoms with Crippen LogP contribution < -0.4 is 11.5 Å². The van der Waals surface area contributed by atoms with Gasteiger partial charge in [0.1, 0.15) is 0 Å². The molecule has 0 bridgehead atoms. The van der Waals surface area contributed by atoms with Gasteiger partial charge >= 0.3 is 0 Å². The summed E-state index contributed by atoms with van der Waals surface area (Å²) in [6, 6.07) is 43.8. The summed E-state index contributed by atoms with van der Waals surface area (Å²) in [6.07, 6.45) is 9.37. The standard InChI is InChI=1S/C25H27N.C12H17N/c26-25(18-16-21(17-19-25)20-10-4-1-5-11-20)24(22-12-6-2-7-13-22)23-14-8-3-9-15-23;13-12-8-6-11(7-9-12)10-4-2-1-3-5-10/h1-15,21,24H,16-19,26H2;1-5,11-12H,6-9,13H2/t;11-,12+. The highest BCUT2D eigenvalue weighted by molar-refractivity contribution is 5.37. The second-order valence-electron chi connectivity index (χ2n) is 11.7. The Morgan fingerprint density at radius 2 is 0.846 bits per heavy atom. The molecule has 0 saturated heterocycles. The molecule has 39 heavy (non-hydrogen) atoms. The lowest BCUT2D eigenvalue weighted by molar-refractivity contribution is 0.247. The Morgan fingerprint density at radius 1 is 0.487 bits per heavy atom. The molecule has 202 valence electrons. The molecular weight excluding hydrogens is 472 g/mol. The molecule has 2 heteroatoms. The van der Waals surface area contributed by atoms with Gasteiger partial charge in [-0.2, -0.15) is 0 Å². The highest BCUT2D eigenvalue weighted by Gasteiger charge is 2.40. The molecule has 2 aliphatic rings. The molecule has 0 aromatic heterocycles. The maximum absolute atomic E-state index is 7.11. The van der Waals surface area contributed by atoms with Crippen molar-refractivity contribution in [2.24, 2.45) is 11.5 Å². The van der Waals surface area contributed by atoms with Crippen molar-refractivity contribution in [1.82, 2.24) is 0 Å². The van der Waals surface area contributed by atoms with Crippen LogP contribution in [0.1, 0.15) is 91.4 Å². The Kier molecular flexibility index (Phi) is 9.29. The number of hydrogen-bond donors (Lipinski definition) is 2. The van der Waals surface area contributed by atoms with Crippen molar-refractivity contribution in [3.63, 3.8) is 0 Å². The summed E-state index contributed by atoms with van der Waals surface area (Å²) in [5.74, 6) is 1.66. The number of benzene rings is 4. The first kappa shape index (κ1) is 27.4. The van der Waals surface area contributed by atoms with E-state index in [1.807, 2.05) is 0 Å². The lowest BCUT2D eigenvalue weighted by Crippen LogP contribution is -2.48. The third-order valence-corrected chi connectivity index (χ3v) is 9.07. The van der Waals surface area contributed by atoms with Gasteiger partial charge in [0.05, 0.1) is 0 Å². The second kappa shape index (κ2) is 13.2. The molecule has 6 rings (SSSR count). The Morgan fingerprint density at radius 3 is 1.26 bits per heavy atom. The molecule has 0 spiro atoms. The topological polar surface area (TPSA) is 52.0 Å². The smallest absolute Gasteiger partial charge is 0.0269 e. The van der Waals surface area contributed by atoms with Gasteiger partial charge in [0, 0.05) is 17.5 Å². The largest absolute Gasteiger partial charge is 0.328 e. The highest BCUT2D eigenvalue weighted by atomic mass is 14.8. The summed E-state index contributed by atoms with van der Waals surface area (Å²) in [5, 5.41) is 0. The van der Waals surface area contributed by atoms with Crippen molar-refractivity contribution in [1.29, 1.82) is 0 Å². The molecular formula is C37H44N2. The van der Waals surface area contributed by atoms with Crippen LogP contribution in [0.3, 0.4) is 0 Å². The number of hydrogen-bond acceptors (Lipinski definition) is 2. The van der Waals surface area contributed by atoms with E-state index in [0.29, 0.717) is 12.0 Å². The average Bonchev–Trinajstić information content (AvgIpc) is 3.00. The molecule has 0 radical (unpaired) electrons. The zero-order valence-corrected chi connectivity index (χ0v) is 23.2. The van der Waals surface area contributed by atoms with E-state index in [0.717, 1.165) is 31.6 Å². The fourth-order valence-electron chi connectivity index (χ4n) is 6.83. The summed E-state index contributed by atoms with van der Waals surface area (Å²) in [4.78, 5) is 0. The molecule has 2 fully saturated rings. The normalized spacial score (nSPS) is 24.9. The minimum Gasteiger partial charge on any atom is -0.328 e. The number of rotatable bonds is 5. The SMILES string of the molecule is NC1(C(c2ccccc2)c2ccccc2)CCC(c2ccccc2)CC1.N[C@H]1CC[C@@H](c2ccccc2)CC1. The van der Waals surface area contributed by atoms with Gasteiger partial charge in [-0.25, -0.2) is 0 Å². The van der Waals surface area contributed by atoms with Crippen molar-refractivity contribution in [2.75, 3.05) is 0 Å². The molecule has 4 N–H and O–H groups in total. The monoisotopic (exact) mass is 516 g/mol. The van der Waals surface area contributed by atoms with E-state index in [9.17, 15) is 0 Å². The van der Waals surface area contributed by atoms with Crippen LogP contribution >= 0.6 is 0 Å². The van der Waals surface area contributed by atoms with Crippen LogP contribution in [-0.2, 0) is 0 Å². The van der Waals surface area contributed by atoms with Gasteiger partial charge in [0.2, 0.25) is 0 Å². The van der Waals surface area contributed by atoms with Crippen LogP contribution in [0.4, 0.5) is 0 Å². The van der Waals surface area contributed by atoms with E-state index in [2.05, 4.69) is 121 Å². The zero-order valence-electron chi connectivity index (χ0n) is 23.2. The predicted molar refractivity (Wildman–Crippen MR) is 165 cm³/mol. The van der Waals surface area contributed by atoms with Crippen molar-refractivity contribution in [2.45, 2.75) is 80.7 Å². The molecule has 4 aromatic carbocycles. The van der Waals surface area contributed by atoms with Gasteiger partial charge in [0.25, 0.3) is 0 Å². The van der Waals surface area contributed by atoms with Crippen molar-refractivity contribution >= 4 is 0 Å². The molecule has 2 nitrogen and oxygen atoms in total. The van der Waals surface area contributed by atoms with Gasteiger partial charge in [-0.3, -0.25) is 0 Å². The quantitative estimate of drug-likeness (QED) is 0.279. The maximum atomic E-state index is 7.11. The van der Waals surface area contributed by atoms with E-state index in [-0.39, 0.29) is 11.5 Å². The number of nitrogens with two attached hydrogens (primary N) is 2. The molecule has 2 aliphatic carbocycles. The van der Waals surface area contributed by atoms with Gasteiger partial charge < -0.3 is 11.5 Å². The Labute approximate surface area is 235 Å². The van der Waals surface area contributed by atoms with Crippen LogP contribution in [0.2, 0.25) is 0 Å². The third kappa shape index (κ3) is 7.06. The molecule has 0 unspecified atom stereocenters. The zero-order chi connectivity index (χ0) is 26.9. The summed E-state index contributed by atoms with van der Waals surface area (Å²) < 4.78 is 0. The lowest BCUT2D eigenvalue weighted by Gasteiger charge is -2.43. The van der Waals surface area contributed by atoms with E-state index in [1.165, 1.54) is 47.9 Å². The van der Waals surface area contributed by atoms with Crippen LogP contribution in [0.25, 0.3) is 0 Å². The lowest BCUT2D eigenvalue weighted by atomic mass is 9.65. The van der Waals surface area contributed by atoms with E-state index < -0.39 is 0 Å². The van der Waals surface area contributed by atoms with Gasteiger partial charge in [-0.1, -0.05) is 121 Å². The average molecular weight is 517 g/mol. The molecule has 0 amide bonds. The Hall–Kier alpha value is -3.20. The molecule has 2 saturated carbocycles. The van der Waals surface area contributed by atoms with E-state index in [4.69, 9.17) is 11.5 Å². The summed E-state index contributed by atoms with van der Waals surface area (Å²) >= 11 is 0. The summed E-state index contributed by atoms with van der Waals surface area (Å²) in [7, 11) is 0. The Balaban J connectivity index is 0.000000198. The van der Waals surface area contributed by atoms with Crippen LogP contribution in [-0.4, -0.2) is 11.6 Å². The minimum atomic E-state index is -0.187. The fourth-order valence-corrected chi connectivity index (χ4v) is 6.83. The maximum Gasteiger partial charge on any atom is 0.0269 e. The first-order chi connectivity index (χ1) is 19.1. The molecule has 4 aromatic rings. The third-order valence-electron chi connectivity index (χ3n) is 9.07. The highest BCUT2D eigenvalue weighted by Crippen LogP contribution is 2.46. The first-order valence-corrected chi connectivity index (χ1v) is 14.9. The van der Waals surface area contributed by atoms with Gasteiger partial charge in [0.15, 0.2) is 0 Å². The molecule has 0 atom stereocenters. The van der Waals surface area contributed by atoms with Crippen LogP contribution in [0.5, 0.6) is 0 Å². The van der Waals surface area contributed by atoms with Crippen LogP contribution in [0, 0.1) is 0 Å². The van der Waals surface area contributed by atoms with E-state index >= 15 is 0 Å².